The normalized spacial score (nSPS) is 16.7. The second-order valence-corrected chi connectivity index (χ2v) is 5.86. The highest BCUT2D eigenvalue weighted by molar-refractivity contribution is 5.78. The molecule has 120 valence electrons. The lowest BCUT2D eigenvalue weighted by atomic mass is 9.81. The van der Waals surface area contributed by atoms with Gasteiger partial charge in [0.1, 0.15) is 11.5 Å². The number of hydrogen-bond acceptors (Lipinski definition) is 4. The number of methoxy groups -OCH3 is 1. The van der Waals surface area contributed by atoms with Crippen molar-refractivity contribution in [1.82, 2.24) is 0 Å². The van der Waals surface area contributed by atoms with Gasteiger partial charge in [0, 0.05) is 12.8 Å². The molecule has 2 rings (SSSR count). The lowest BCUT2D eigenvalue weighted by Gasteiger charge is -2.25. The van der Waals surface area contributed by atoms with Crippen LogP contribution in [0.5, 0.6) is 5.75 Å². The van der Waals surface area contributed by atoms with E-state index in [1.165, 1.54) is 18.2 Å². The monoisotopic (exact) mass is 304 g/mol. The van der Waals surface area contributed by atoms with Crippen LogP contribution in [0.15, 0.2) is 18.2 Å². The summed E-state index contributed by atoms with van der Waals surface area (Å²) in [7, 11) is 1.35. The maximum atomic E-state index is 11.8. The molecule has 0 bridgehead atoms. The van der Waals surface area contributed by atoms with Crippen LogP contribution in [0.1, 0.15) is 43.7 Å². The number of benzene rings is 1. The quantitative estimate of drug-likeness (QED) is 0.726. The molecule has 0 spiro atoms. The zero-order chi connectivity index (χ0) is 15.9. The van der Waals surface area contributed by atoms with Crippen LogP contribution in [0.2, 0.25) is 0 Å². The van der Waals surface area contributed by atoms with E-state index in [4.69, 9.17) is 4.74 Å². The molecule has 0 aliphatic heterocycles. The molecule has 0 N–H and O–H groups in total. The van der Waals surface area contributed by atoms with Crippen molar-refractivity contribution in [1.29, 1.82) is 0 Å². The SMILES string of the molecule is CCCC(=O)CC1CCc2c(cccc2OCC(=O)OC)C1. The minimum absolute atomic E-state index is 0.0641. The van der Waals surface area contributed by atoms with E-state index in [0.29, 0.717) is 24.5 Å². The Labute approximate surface area is 131 Å². The summed E-state index contributed by atoms with van der Waals surface area (Å²) in [5.74, 6) is 1.19. The Bertz CT molecular complexity index is 536. The first-order valence-corrected chi connectivity index (χ1v) is 7.96. The van der Waals surface area contributed by atoms with Crippen LogP contribution in [0.3, 0.4) is 0 Å². The van der Waals surface area contributed by atoms with Gasteiger partial charge < -0.3 is 9.47 Å². The molecule has 0 saturated carbocycles. The molecular weight excluding hydrogens is 280 g/mol. The molecule has 0 fully saturated rings. The van der Waals surface area contributed by atoms with Gasteiger partial charge in [-0.2, -0.15) is 0 Å². The smallest absolute Gasteiger partial charge is 0.343 e. The fourth-order valence-corrected chi connectivity index (χ4v) is 3.06. The first-order chi connectivity index (χ1) is 10.6. The maximum absolute atomic E-state index is 11.8. The summed E-state index contributed by atoms with van der Waals surface area (Å²) in [5.41, 5.74) is 2.41. The lowest BCUT2D eigenvalue weighted by Crippen LogP contribution is -2.19. The molecule has 0 saturated heterocycles. The van der Waals surface area contributed by atoms with Crippen molar-refractivity contribution in [3.8, 4) is 5.75 Å². The highest BCUT2D eigenvalue weighted by Crippen LogP contribution is 2.33. The van der Waals surface area contributed by atoms with Crippen LogP contribution in [-0.2, 0) is 27.2 Å². The van der Waals surface area contributed by atoms with E-state index in [-0.39, 0.29) is 12.6 Å². The Morgan fingerprint density at radius 2 is 2.14 bits per heavy atom. The zero-order valence-electron chi connectivity index (χ0n) is 13.4. The topological polar surface area (TPSA) is 52.6 Å². The van der Waals surface area contributed by atoms with Gasteiger partial charge in [0.05, 0.1) is 7.11 Å². The van der Waals surface area contributed by atoms with Gasteiger partial charge in [-0.05, 0) is 48.8 Å². The summed E-state index contributed by atoms with van der Waals surface area (Å²) in [4.78, 5) is 23.0. The molecule has 4 nitrogen and oxygen atoms in total. The van der Waals surface area contributed by atoms with Crippen LogP contribution in [-0.4, -0.2) is 25.5 Å². The Kier molecular flexibility index (Phi) is 5.99. The van der Waals surface area contributed by atoms with Crippen LogP contribution >= 0.6 is 0 Å². The van der Waals surface area contributed by atoms with Gasteiger partial charge in [0.2, 0.25) is 0 Å². The molecule has 1 aromatic rings. The number of carbonyl (C=O) groups excluding carboxylic acids is 2. The zero-order valence-corrected chi connectivity index (χ0v) is 13.4. The molecular formula is C18H24O4. The van der Waals surface area contributed by atoms with Crippen molar-refractivity contribution in [3.05, 3.63) is 29.3 Å². The molecule has 0 radical (unpaired) electrons. The summed E-state index contributed by atoms with van der Waals surface area (Å²) in [6.07, 6.45) is 5.11. The van der Waals surface area contributed by atoms with Crippen molar-refractivity contribution in [2.75, 3.05) is 13.7 Å². The molecule has 1 aromatic carbocycles. The summed E-state index contributed by atoms with van der Waals surface area (Å²) in [5, 5.41) is 0. The highest BCUT2D eigenvalue weighted by Gasteiger charge is 2.23. The first-order valence-electron chi connectivity index (χ1n) is 7.96. The second kappa shape index (κ2) is 7.97. The van der Waals surface area contributed by atoms with Crippen LogP contribution < -0.4 is 4.74 Å². The number of rotatable bonds is 7. The minimum atomic E-state index is -0.378. The van der Waals surface area contributed by atoms with Crippen LogP contribution in [0.25, 0.3) is 0 Å². The van der Waals surface area contributed by atoms with E-state index in [2.05, 4.69) is 10.8 Å². The van der Waals surface area contributed by atoms with Gasteiger partial charge in [-0.15, -0.1) is 0 Å². The van der Waals surface area contributed by atoms with E-state index in [1.54, 1.807) is 0 Å². The number of carbonyl (C=O) groups is 2. The van der Waals surface area contributed by atoms with E-state index < -0.39 is 0 Å². The fraction of sp³-hybridized carbons (Fsp3) is 0.556. The molecule has 0 amide bonds. The van der Waals surface area contributed by atoms with Crippen molar-refractivity contribution >= 4 is 11.8 Å². The van der Waals surface area contributed by atoms with Gasteiger partial charge in [-0.1, -0.05) is 19.1 Å². The molecule has 1 aliphatic carbocycles. The standard InChI is InChI=1S/C18H24O4/c1-3-5-15(19)11-13-8-9-16-14(10-13)6-4-7-17(16)22-12-18(20)21-2/h4,6-7,13H,3,5,8-12H2,1-2H3. The predicted molar refractivity (Wildman–Crippen MR) is 84.0 cm³/mol. The third-order valence-electron chi connectivity index (χ3n) is 4.16. The number of esters is 1. The average Bonchev–Trinajstić information content (AvgIpc) is 2.52. The summed E-state index contributed by atoms with van der Waals surface area (Å²) in [6.45, 7) is 1.98. The summed E-state index contributed by atoms with van der Waals surface area (Å²) < 4.78 is 10.2. The number of ketones is 1. The number of fused-ring (bicyclic) bond motifs is 1. The Balaban J connectivity index is 2.01. The molecule has 4 heteroatoms. The molecule has 22 heavy (non-hydrogen) atoms. The molecule has 0 heterocycles. The summed E-state index contributed by atoms with van der Waals surface area (Å²) in [6, 6.07) is 5.93. The van der Waals surface area contributed by atoms with E-state index in [1.807, 2.05) is 19.1 Å². The van der Waals surface area contributed by atoms with Crippen molar-refractivity contribution < 1.29 is 19.1 Å². The molecule has 1 unspecified atom stereocenters. The van der Waals surface area contributed by atoms with E-state index in [9.17, 15) is 9.59 Å². The van der Waals surface area contributed by atoms with Crippen LogP contribution in [0, 0.1) is 5.92 Å². The minimum Gasteiger partial charge on any atom is -0.482 e. The van der Waals surface area contributed by atoms with Crippen molar-refractivity contribution in [2.24, 2.45) is 5.92 Å². The first kappa shape index (κ1) is 16.5. The van der Waals surface area contributed by atoms with Gasteiger partial charge >= 0.3 is 5.97 Å². The van der Waals surface area contributed by atoms with Gasteiger partial charge in [-0.25, -0.2) is 4.79 Å². The van der Waals surface area contributed by atoms with E-state index in [0.717, 1.165) is 31.4 Å². The predicted octanol–water partition coefficient (Wildman–Crippen LogP) is 3.10. The summed E-state index contributed by atoms with van der Waals surface area (Å²) >= 11 is 0. The van der Waals surface area contributed by atoms with Crippen molar-refractivity contribution in [2.45, 2.75) is 45.4 Å². The Hall–Kier alpha value is -1.84. The number of ether oxygens (including phenoxy) is 2. The molecule has 1 aliphatic rings. The fourth-order valence-electron chi connectivity index (χ4n) is 3.06. The maximum Gasteiger partial charge on any atom is 0.343 e. The number of hydrogen-bond donors (Lipinski definition) is 0. The third kappa shape index (κ3) is 4.33. The largest absolute Gasteiger partial charge is 0.482 e. The third-order valence-corrected chi connectivity index (χ3v) is 4.16. The Morgan fingerprint density at radius 3 is 2.86 bits per heavy atom. The van der Waals surface area contributed by atoms with E-state index >= 15 is 0 Å². The second-order valence-electron chi connectivity index (χ2n) is 5.86. The average molecular weight is 304 g/mol. The highest BCUT2D eigenvalue weighted by atomic mass is 16.6. The molecule has 0 aromatic heterocycles. The van der Waals surface area contributed by atoms with Gasteiger partial charge in [0.15, 0.2) is 6.61 Å². The lowest BCUT2D eigenvalue weighted by molar-refractivity contribution is -0.142. The Morgan fingerprint density at radius 1 is 1.32 bits per heavy atom. The van der Waals surface area contributed by atoms with Crippen LogP contribution in [0.4, 0.5) is 0 Å². The molecule has 1 atom stereocenters. The van der Waals surface area contributed by atoms with Crippen molar-refractivity contribution in [3.63, 3.8) is 0 Å². The number of Topliss-reactive ketones (excluding diaryl/α,β-unsaturated/α-hetero) is 1. The van der Waals surface area contributed by atoms with Gasteiger partial charge in [-0.3, -0.25) is 4.79 Å². The van der Waals surface area contributed by atoms with Gasteiger partial charge in [0.25, 0.3) is 0 Å².